The average molecular weight is 596 g/mol. The third-order valence-electron chi connectivity index (χ3n) is 6.44. The molecule has 0 bridgehead atoms. The standard InChI is InChI=1S/C30H33N3O8S/c1-36-22-11-18(12-23(37-2)27(22)40-5)15-31-26(34)17-42-30-32-21-10-8-7-9-20(21)29(35)33(30)16-19-13-24(38-3)28(41-6)25(14-19)39-4/h7-14H,15-17H2,1-6H3,(H,31,34). The van der Waals surface area contributed by atoms with Crippen molar-refractivity contribution in [3.05, 3.63) is 70.0 Å². The number of amides is 1. The first-order chi connectivity index (χ1) is 20.4. The zero-order valence-corrected chi connectivity index (χ0v) is 25.1. The van der Waals surface area contributed by atoms with Gasteiger partial charge in [0.15, 0.2) is 28.2 Å². The molecule has 0 atom stereocenters. The van der Waals surface area contributed by atoms with Crippen LogP contribution in [-0.2, 0) is 17.9 Å². The number of thioether (sulfide) groups is 1. The maximum Gasteiger partial charge on any atom is 0.262 e. The molecular weight excluding hydrogens is 562 g/mol. The molecule has 0 radical (unpaired) electrons. The zero-order chi connectivity index (χ0) is 30.2. The lowest BCUT2D eigenvalue weighted by Gasteiger charge is -2.17. The van der Waals surface area contributed by atoms with Gasteiger partial charge in [-0.1, -0.05) is 23.9 Å². The van der Waals surface area contributed by atoms with Gasteiger partial charge < -0.3 is 33.7 Å². The highest BCUT2D eigenvalue weighted by atomic mass is 32.2. The van der Waals surface area contributed by atoms with Crippen LogP contribution in [-0.4, -0.2) is 63.9 Å². The molecular formula is C30H33N3O8S. The van der Waals surface area contributed by atoms with E-state index < -0.39 is 0 Å². The second-order valence-corrected chi connectivity index (χ2v) is 9.88. The molecule has 222 valence electrons. The van der Waals surface area contributed by atoms with Gasteiger partial charge in [0.25, 0.3) is 5.56 Å². The van der Waals surface area contributed by atoms with Crippen LogP contribution in [0.2, 0.25) is 0 Å². The topological polar surface area (TPSA) is 119 Å². The molecule has 1 aromatic heterocycles. The van der Waals surface area contributed by atoms with Gasteiger partial charge in [0.2, 0.25) is 17.4 Å². The van der Waals surface area contributed by atoms with Crippen molar-refractivity contribution in [2.45, 2.75) is 18.2 Å². The van der Waals surface area contributed by atoms with Crippen LogP contribution in [0.1, 0.15) is 11.1 Å². The smallest absolute Gasteiger partial charge is 0.262 e. The number of hydrogen-bond donors (Lipinski definition) is 1. The van der Waals surface area contributed by atoms with Crippen molar-refractivity contribution in [3.8, 4) is 34.5 Å². The fourth-order valence-corrected chi connectivity index (χ4v) is 5.25. The normalized spacial score (nSPS) is 10.7. The molecule has 0 saturated carbocycles. The van der Waals surface area contributed by atoms with E-state index in [1.807, 2.05) is 6.07 Å². The minimum Gasteiger partial charge on any atom is -0.493 e. The van der Waals surface area contributed by atoms with E-state index in [9.17, 15) is 9.59 Å². The summed E-state index contributed by atoms with van der Waals surface area (Å²) in [5, 5.41) is 3.77. The number of nitrogens with zero attached hydrogens (tertiary/aromatic N) is 2. The van der Waals surface area contributed by atoms with Gasteiger partial charge in [-0.2, -0.15) is 0 Å². The number of benzene rings is 3. The minimum absolute atomic E-state index is 0.0322. The summed E-state index contributed by atoms with van der Waals surface area (Å²) in [7, 11) is 9.18. The predicted molar refractivity (Wildman–Crippen MR) is 160 cm³/mol. The molecule has 0 aliphatic heterocycles. The minimum atomic E-state index is -0.240. The SMILES string of the molecule is COc1cc(CNC(=O)CSc2nc3ccccc3c(=O)n2Cc2cc(OC)c(OC)c(OC)c2)cc(OC)c1OC. The molecule has 12 heteroatoms. The summed E-state index contributed by atoms with van der Waals surface area (Å²) in [5.41, 5.74) is 1.82. The Labute approximate surface area is 247 Å². The summed E-state index contributed by atoms with van der Waals surface area (Å²) >= 11 is 1.17. The predicted octanol–water partition coefficient (Wildman–Crippen LogP) is 3.90. The molecule has 0 unspecified atom stereocenters. The van der Waals surface area contributed by atoms with E-state index in [0.29, 0.717) is 50.6 Å². The Balaban J connectivity index is 1.58. The second kappa shape index (κ2) is 13.9. The number of hydrogen-bond acceptors (Lipinski definition) is 10. The highest BCUT2D eigenvalue weighted by molar-refractivity contribution is 7.99. The lowest BCUT2D eigenvalue weighted by atomic mass is 10.1. The lowest BCUT2D eigenvalue weighted by molar-refractivity contribution is -0.118. The van der Waals surface area contributed by atoms with Crippen LogP contribution in [0.3, 0.4) is 0 Å². The van der Waals surface area contributed by atoms with E-state index in [0.717, 1.165) is 11.1 Å². The molecule has 4 rings (SSSR count). The number of methoxy groups -OCH3 is 6. The molecule has 3 aromatic carbocycles. The number of carbonyl (C=O) groups excluding carboxylic acids is 1. The number of fused-ring (bicyclic) bond motifs is 1. The Morgan fingerprint density at radius 1 is 0.786 bits per heavy atom. The maximum absolute atomic E-state index is 13.6. The van der Waals surface area contributed by atoms with Crippen molar-refractivity contribution in [1.29, 1.82) is 0 Å². The Morgan fingerprint density at radius 2 is 1.31 bits per heavy atom. The third-order valence-corrected chi connectivity index (χ3v) is 7.41. The molecule has 1 amide bonds. The van der Waals surface area contributed by atoms with E-state index in [-0.39, 0.29) is 30.3 Å². The summed E-state index contributed by atoms with van der Waals surface area (Å²) in [6.07, 6.45) is 0. The Morgan fingerprint density at radius 3 is 1.83 bits per heavy atom. The van der Waals surface area contributed by atoms with Crippen molar-refractivity contribution in [1.82, 2.24) is 14.9 Å². The van der Waals surface area contributed by atoms with Gasteiger partial charge in [-0.15, -0.1) is 0 Å². The fraction of sp³-hybridized carbons (Fsp3) is 0.300. The van der Waals surface area contributed by atoms with Gasteiger partial charge in [0, 0.05) is 6.54 Å². The third kappa shape index (κ3) is 6.49. The van der Waals surface area contributed by atoms with Crippen LogP contribution in [0, 0.1) is 0 Å². The number of aromatic nitrogens is 2. The molecule has 11 nitrogen and oxygen atoms in total. The number of nitrogens with one attached hydrogen (secondary N) is 1. The van der Waals surface area contributed by atoms with Crippen LogP contribution >= 0.6 is 11.8 Å². The molecule has 0 fully saturated rings. The lowest BCUT2D eigenvalue weighted by Crippen LogP contribution is -2.27. The van der Waals surface area contributed by atoms with Crippen molar-refractivity contribution >= 4 is 28.6 Å². The Bertz CT molecular complexity index is 1590. The fourth-order valence-electron chi connectivity index (χ4n) is 4.43. The number of para-hydroxylation sites is 1. The highest BCUT2D eigenvalue weighted by Gasteiger charge is 2.18. The molecule has 42 heavy (non-hydrogen) atoms. The molecule has 0 saturated heterocycles. The van der Waals surface area contributed by atoms with Gasteiger partial charge in [-0.25, -0.2) is 4.98 Å². The van der Waals surface area contributed by atoms with Gasteiger partial charge in [0.05, 0.1) is 65.9 Å². The average Bonchev–Trinajstić information content (AvgIpc) is 3.02. The summed E-state index contributed by atoms with van der Waals surface area (Å²) < 4.78 is 34.1. The van der Waals surface area contributed by atoms with Crippen LogP contribution in [0.25, 0.3) is 10.9 Å². The number of ether oxygens (including phenoxy) is 6. The first kappa shape index (κ1) is 30.4. The quantitative estimate of drug-likeness (QED) is 0.180. The second-order valence-electron chi connectivity index (χ2n) is 8.94. The van der Waals surface area contributed by atoms with Crippen molar-refractivity contribution in [3.63, 3.8) is 0 Å². The van der Waals surface area contributed by atoms with Crippen molar-refractivity contribution < 1.29 is 33.2 Å². The largest absolute Gasteiger partial charge is 0.493 e. The summed E-state index contributed by atoms with van der Waals surface area (Å²) in [6, 6.07) is 14.2. The molecule has 0 aliphatic carbocycles. The van der Waals surface area contributed by atoms with E-state index in [1.54, 1.807) is 47.0 Å². The molecule has 4 aromatic rings. The summed E-state index contributed by atoms with van der Waals surface area (Å²) in [4.78, 5) is 31.2. The first-order valence-corrected chi connectivity index (χ1v) is 13.8. The maximum atomic E-state index is 13.6. The van der Waals surface area contributed by atoms with Crippen molar-refractivity contribution in [2.75, 3.05) is 48.4 Å². The van der Waals surface area contributed by atoms with E-state index in [4.69, 9.17) is 33.4 Å². The monoisotopic (exact) mass is 595 g/mol. The summed E-state index contributed by atoms with van der Waals surface area (Å²) in [5.74, 6) is 2.63. The van der Waals surface area contributed by atoms with E-state index >= 15 is 0 Å². The van der Waals surface area contributed by atoms with Crippen LogP contribution in [0.5, 0.6) is 34.5 Å². The van der Waals surface area contributed by atoms with Crippen LogP contribution in [0.4, 0.5) is 0 Å². The highest BCUT2D eigenvalue weighted by Crippen LogP contribution is 2.39. The van der Waals surface area contributed by atoms with Crippen molar-refractivity contribution in [2.24, 2.45) is 0 Å². The first-order valence-electron chi connectivity index (χ1n) is 12.8. The Kier molecular flexibility index (Phi) is 10.0. The van der Waals surface area contributed by atoms with Gasteiger partial charge in [-0.3, -0.25) is 14.2 Å². The van der Waals surface area contributed by atoms with Gasteiger partial charge in [-0.05, 0) is 47.5 Å². The molecule has 0 spiro atoms. The van der Waals surface area contributed by atoms with E-state index in [2.05, 4.69) is 5.32 Å². The molecule has 1 N–H and O–H groups in total. The molecule has 0 aliphatic rings. The zero-order valence-electron chi connectivity index (χ0n) is 24.3. The van der Waals surface area contributed by atoms with E-state index in [1.165, 1.54) is 54.4 Å². The van der Waals surface area contributed by atoms with Gasteiger partial charge in [0.1, 0.15) is 0 Å². The Hall–Kier alpha value is -4.58. The molecule has 1 heterocycles. The summed E-state index contributed by atoms with van der Waals surface area (Å²) in [6.45, 7) is 0.405. The number of carbonyl (C=O) groups is 1. The van der Waals surface area contributed by atoms with Gasteiger partial charge >= 0.3 is 0 Å². The van der Waals surface area contributed by atoms with Crippen LogP contribution in [0.15, 0.2) is 58.5 Å². The van der Waals surface area contributed by atoms with Crippen LogP contribution < -0.4 is 39.3 Å². The number of rotatable bonds is 13.